The van der Waals surface area contributed by atoms with Crippen LogP contribution < -0.4 is 5.73 Å². The van der Waals surface area contributed by atoms with Crippen LogP contribution in [-0.4, -0.2) is 6.54 Å². The van der Waals surface area contributed by atoms with Crippen molar-refractivity contribution < 1.29 is 8.78 Å². The Kier molecular flexibility index (Phi) is 3.51. The van der Waals surface area contributed by atoms with E-state index in [2.05, 4.69) is 0 Å². The average molecular weight is 289 g/mol. The van der Waals surface area contributed by atoms with Crippen molar-refractivity contribution in [1.29, 1.82) is 0 Å². The summed E-state index contributed by atoms with van der Waals surface area (Å²) in [5.74, 6) is -1.12. The number of halogens is 2. The highest BCUT2D eigenvalue weighted by Gasteiger charge is 2.14. The van der Waals surface area contributed by atoms with Gasteiger partial charge in [-0.15, -0.1) is 11.3 Å². The van der Waals surface area contributed by atoms with Crippen molar-refractivity contribution in [3.05, 3.63) is 59.0 Å². The average Bonchev–Trinajstić information content (AvgIpc) is 2.76. The second kappa shape index (κ2) is 5.31. The van der Waals surface area contributed by atoms with Gasteiger partial charge in [0.1, 0.15) is 11.6 Å². The summed E-state index contributed by atoms with van der Waals surface area (Å²) in [6.07, 6.45) is 0.701. The molecule has 0 radical (unpaired) electrons. The fourth-order valence-electron chi connectivity index (χ4n) is 2.42. The molecule has 1 nitrogen and oxygen atoms in total. The minimum absolute atomic E-state index is 0.512. The van der Waals surface area contributed by atoms with Gasteiger partial charge < -0.3 is 5.73 Å². The third-order valence-corrected chi connectivity index (χ3v) is 4.42. The molecule has 0 aliphatic heterocycles. The van der Waals surface area contributed by atoms with Crippen LogP contribution >= 0.6 is 11.3 Å². The monoisotopic (exact) mass is 289 g/mol. The van der Waals surface area contributed by atoms with Gasteiger partial charge in [0, 0.05) is 26.6 Å². The van der Waals surface area contributed by atoms with Crippen LogP contribution in [0.5, 0.6) is 0 Å². The standard InChI is InChI=1S/C16H13F2NS/c17-11-7-10(8-12(18)9-11)16-13-3-1-2-4-14(13)20-15(16)5-6-19/h1-4,7-9H,5-6,19H2. The highest BCUT2D eigenvalue weighted by Crippen LogP contribution is 2.39. The van der Waals surface area contributed by atoms with Gasteiger partial charge >= 0.3 is 0 Å². The molecule has 20 heavy (non-hydrogen) atoms. The molecular weight excluding hydrogens is 276 g/mol. The lowest BCUT2D eigenvalue weighted by atomic mass is 10.0. The molecule has 0 amide bonds. The van der Waals surface area contributed by atoms with E-state index in [1.165, 1.54) is 12.1 Å². The zero-order valence-corrected chi connectivity index (χ0v) is 11.5. The van der Waals surface area contributed by atoms with Gasteiger partial charge in [-0.3, -0.25) is 0 Å². The number of hydrogen-bond acceptors (Lipinski definition) is 2. The number of fused-ring (bicyclic) bond motifs is 1. The van der Waals surface area contributed by atoms with Gasteiger partial charge in [-0.25, -0.2) is 8.78 Å². The molecule has 0 aliphatic rings. The van der Waals surface area contributed by atoms with E-state index in [9.17, 15) is 8.78 Å². The third-order valence-electron chi connectivity index (χ3n) is 3.19. The maximum absolute atomic E-state index is 13.5. The number of thiophene rings is 1. The van der Waals surface area contributed by atoms with Gasteiger partial charge in [0.15, 0.2) is 0 Å². The quantitative estimate of drug-likeness (QED) is 0.762. The molecule has 0 saturated carbocycles. The van der Waals surface area contributed by atoms with Crippen molar-refractivity contribution in [3.63, 3.8) is 0 Å². The molecule has 102 valence electrons. The van der Waals surface area contributed by atoms with E-state index in [1.807, 2.05) is 24.3 Å². The van der Waals surface area contributed by atoms with E-state index in [4.69, 9.17) is 5.73 Å². The summed E-state index contributed by atoms with van der Waals surface area (Å²) >= 11 is 1.63. The molecule has 4 heteroatoms. The van der Waals surface area contributed by atoms with Gasteiger partial charge in [-0.2, -0.15) is 0 Å². The first kappa shape index (κ1) is 13.2. The summed E-state index contributed by atoms with van der Waals surface area (Å²) < 4.78 is 28.1. The van der Waals surface area contributed by atoms with Crippen LogP contribution in [0, 0.1) is 11.6 Å². The number of benzene rings is 2. The molecule has 1 aromatic heterocycles. The van der Waals surface area contributed by atoms with E-state index in [-0.39, 0.29) is 0 Å². The second-order valence-corrected chi connectivity index (χ2v) is 5.73. The Labute approximate surface area is 119 Å². The van der Waals surface area contributed by atoms with E-state index >= 15 is 0 Å². The van der Waals surface area contributed by atoms with Crippen LogP contribution in [0.4, 0.5) is 8.78 Å². The SMILES string of the molecule is NCCc1sc2ccccc2c1-c1cc(F)cc(F)c1. The van der Waals surface area contributed by atoms with Crippen LogP contribution in [0.3, 0.4) is 0 Å². The summed E-state index contributed by atoms with van der Waals surface area (Å²) in [5.41, 5.74) is 7.12. The fourth-order valence-corrected chi connectivity index (χ4v) is 3.66. The minimum atomic E-state index is -0.561. The first-order valence-corrected chi connectivity index (χ1v) is 7.17. The van der Waals surface area contributed by atoms with Crippen molar-refractivity contribution in [2.24, 2.45) is 5.73 Å². The molecular formula is C16H13F2NS. The Morgan fingerprint density at radius 1 is 1.00 bits per heavy atom. The van der Waals surface area contributed by atoms with Crippen molar-refractivity contribution in [2.75, 3.05) is 6.54 Å². The fraction of sp³-hybridized carbons (Fsp3) is 0.125. The molecule has 2 aromatic carbocycles. The molecule has 0 unspecified atom stereocenters. The van der Waals surface area contributed by atoms with Gasteiger partial charge in [0.25, 0.3) is 0 Å². The van der Waals surface area contributed by atoms with E-state index in [0.717, 1.165) is 26.6 Å². The van der Waals surface area contributed by atoms with Crippen LogP contribution in [0.25, 0.3) is 21.2 Å². The Morgan fingerprint density at radius 2 is 1.70 bits per heavy atom. The molecule has 1 heterocycles. The van der Waals surface area contributed by atoms with Crippen molar-refractivity contribution in [3.8, 4) is 11.1 Å². The lowest BCUT2D eigenvalue weighted by Gasteiger charge is -2.05. The zero-order chi connectivity index (χ0) is 14.1. The number of hydrogen-bond donors (Lipinski definition) is 1. The number of nitrogens with two attached hydrogens (primary N) is 1. The van der Waals surface area contributed by atoms with Crippen LogP contribution in [0.2, 0.25) is 0 Å². The van der Waals surface area contributed by atoms with Gasteiger partial charge in [-0.1, -0.05) is 18.2 Å². The summed E-state index contributed by atoms with van der Waals surface area (Å²) in [6.45, 7) is 0.512. The lowest BCUT2D eigenvalue weighted by molar-refractivity contribution is 0.584. The van der Waals surface area contributed by atoms with E-state index in [0.29, 0.717) is 18.5 Å². The smallest absolute Gasteiger partial charge is 0.126 e. The molecule has 3 rings (SSSR count). The zero-order valence-electron chi connectivity index (χ0n) is 10.7. The summed E-state index contributed by atoms with van der Waals surface area (Å²) in [5, 5.41) is 1.02. The third kappa shape index (κ3) is 2.32. The molecule has 3 aromatic rings. The van der Waals surface area contributed by atoms with E-state index < -0.39 is 11.6 Å². The summed E-state index contributed by atoms with van der Waals surface area (Å²) in [4.78, 5) is 1.07. The Morgan fingerprint density at radius 3 is 2.40 bits per heavy atom. The Bertz CT molecular complexity index is 744. The highest BCUT2D eigenvalue weighted by atomic mass is 32.1. The van der Waals surface area contributed by atoms with Crippen molar-refractivity contribution in [1.82, 2.24) is 0 Å². The largest absolute Gasteiger partial charge is 0.330 e. The van der Waals surface area contributed by atoms with E-state index in [1.54, 1.807) is 11.3 Å². The molecule has 0 saturated heterocycles. The summed E-state index contributed by atoms with van der Waals surface area (Å²) in [6, 6.07) is 11.5. The summed E-state index contributed by atoms with van der Waals surface area (Å²) in [7, 11) is 0. The molecule has 0 bridgehead atoms. The van der Waals surface area contributed by atoms with Crippen LogP contribution in [0.1, 0.15) is 4.88 Å². The van der Waals surface area contributed by atoms with Gasteiger partial charge in [0.05, 0.1) is 0 Å². The normalized spacial score (nSPS) is 11.2. The predicted octanol–water partition coefficient (Wildman–Crippen LogP) is 4.35. The van der Waals surface area contributed by atoms with Crippen molar-refractivity contribution >= 4 is 21.4 Å². The Hall–Kier alpha value is -1.78. The Balaban J connectivity index is 2.29. The molecule has 0 fully saturated rings. The number of rotatable bonds is 3. The van der Waals surface area contributed by atoms with Crippen molar-refractivity contribution in [2.45, 2.75) is 6.42 Å². The molecule has 0 spiro atoms. The predicted molar refractivity (Wildman–Crippen MR) is 79.9 cm³/mol. The topological polar surface area (TPSA) is 26.0 Å². The lowest BCUT2D eigenvalue weighted by Crippen LogP contribution is -2.02. The molecule has 0 atom stereocenters. The first-order valence-electron chi connectivity index (χ1n) is 6.36. The molecule has 2 N–H and O–H groups in total. The second-order valence-electron chi connectivity index (χ2n) is 4.59. The van der Waals surface area contributed by atoms with Crippen LogP contribution in [-0.2, 0) is 6.42 Å². The van der Waals surface area contributed by atoms with Gasteiger partial charge in [0.2, 0.25) is 0 Å². The maximum Gasteiger partial charge on any atom is 0.126 e. The first-order chi connectivity index (χ1) is 9.69. The molecule has 0 aliphatic carbocycles. The van der Waals surface area contributed by atoms with Crippen LogP contribution in [0.15, 0.2) is 42.5 Å². The van der Waals surface area contributed by atoms with Gasteiger partial charge in [-0.05, 0) is 36.7 Å². The highest BCUT2D eigenvalue weighted by molar-refractivity contribution is 7.19. The minimum Gasteiger partial charge on any atom is -0.330 e. The maximum atomic E-state index is 13.5.